The quantitative estimate of drug-likeness (QED) is 0.417. The predicted octanol–water partition coefficient (Wildman–Crippen LogP) is 2.24. The van der Waals surface area contributed by atoms with Gasteiger partial charge in [0.1, 0.15) is 0 Å². The molecule has 0 bridgehead atoms. The minimum atomic E-state index is 0.581. The first-order valence-electron chi connectivity index (χ1n) is 2.04. The molecule has 0 spiro atoms. The third kappa shape index (κ3) is 3.11. The summed E-state index contributed by atoms with van der Waals surface area (Å²) in [6.07, 6.45) is 0. The first-order chi connectivity index (χ1) is 2.64. The summed E-state index contributed by atoms with van der Waals surface area (Å²) in [6.45, 7) is 4.35. The molecule has 2 atom stereocenters. The fourth-order valence-corrected chi connectivity index (χ4v) is 0. The van der Waals surface area contributed by atoms with Crippen molar-refractivity contribution in [3.8, 4) is 0 Å². The van der Waals surface area contributed by atoms with E-state index in [0.717, 1.165) is 5.92 Å². The van der Waals surface area contributed by atoms with Crippen LogP contribution in [0.3, 0.4) is 0 Å². The normalized spacial score (nSPS) is 15.5. The molecule has 2 unspecified atom stereocenters. The maximum absolute atomic E-state index is 3.40. The third-order valence-electron chi connectivity index (χ3n) is 0.637. The summed E-state index contributed by atoms with van der Waals surface area (Å²) in [6, 6.07) is 0. The van der Waals surface area contributed by atoms with E-state index in [-0.39, 0.29) is 0 Å². The van der Waals surface area contributed by atoms with Crippen molar-refractivity contribution in [2.24, 2.45) is 5.92 Å². The molecule has 0 heterocycles. The Balaban J connectivity index is 2.99. The third-order valence-corrected chi connectivity index (χ3v) is 2.46. The molecule has 38 valence electrons. The summed E-state index contributed by atoms with van der Waals surface area (Å²) in [5, 5.41) is 0. The van der Waals surface area contributed by atoms with Crippen LogP contribution in [0.4, 0.5) is 0 Å². The smallest absolute Gasteiger partial charge is 0.0311 e. The van der Waals surface area contributed by atoms with Gasteiger partial charge in [-0.25, -0.2) is 0 Å². The summed E-state index contributed by atoms with van der Waals surface area (Å²) in [5.41, 5.74) is 0. The molecule has 0 saturated carbocycles. The van der Waals surface area contributed by atoms with Gasteiger partial charge >= 0.3 is 0 Å². The topological polar surface area (TPSA) is 0 Å². The van der Waals surface area contributed by atoms with E-state index in [4.69, 9.17) is 0 Å². The van der Waals surface area contributed by atoms with Gasteiger partial charge in [0.25, 0.3) is 0 Å². The fraction of sp³-hybridized carbons (Fsp3) is 1.00. The Morgan fingerprint density at radius 1 is 1.50 bits per heavy atom. The monoisotopic (exact) mass is 168 g/mol. The van der Waals surface area contributed by atoms with Crippen LogP contribution in [-0.4, -0.2) is 4.57 Å². The van der Waals surface area contributed by atoms with E-state index in [2.05, 4.69) is 39.0 Å². The zero-order chi connectivity index (χ0) is 5.15. The predicted molar refractivity (Wildman–Crippen MR) is 37.3 cm³/mol. The zero-order valence-electron chi connectivity index (χ0n) is 4.11. The minimum Gasteiger partial charge on any atom is -0.123 e. The molecular weight excluding hydrogens is 159 g/mol. The molecule has 0 fully saturated rings. The number of alkyl halides is 1. The molecule has 0 rings (SSSR count). The largest absolute Gasteiger partial charge is 0.123 e. The maximum Gasteiger partial charge on any atom is 0.0311 e. The SMILES string of the molecule is CC(C)C(P)Br. The highest BCUT2D eigenvalue weighted by Crippen LogP contribution is 2.17. The van der Waals surface area contributed by atoms with E-state index in [0.29, 0.717) is 4.57 Å². The van der Waals surface area contributed by atoms with Crippen LogP contribution in [-0.2, 0) is 0 Å². The van der Waals surface area contributed by atoms with E-state index < -0.39 is 0 Å². The standard InChI is InChI=1S/C4H10BrP/c1-3(2)4(5)6/h3-4H,6H2,1-2H3. The van der Waals surface area contributed by atoms with Crippen molar-refractivity contribution < 1.29 is 0 Å². The lowest BCUT2D eigenvalue weighted by atomic mass is 10.3. The Morgan fingerprint density at radius 2 is 1.67 bits per heavy atom. The van der Waals surface area contributed by atoms with Gasteiger partial charge < -0.3 is 0 Å². The minimum absolute atomic E-state index is 0.581. The van der Waals surface area contributed by atoms with Crippen LogP contribution in [0.2, 0.25) is 0 Å². The fourth-order valence-electron chi connectivity index (χ4n) is 0. The van der Waals surface area contributed by atoms with Crippen LogP contribution in [0.25, 0.3) is 0 Å². The molecule has 0 nitrogen and oxygen atoms in total. The summed E-state index contributed by atoms with van der Waals surface area (Å²) >= 11 is 3.40. The highest BCUT2D eigenvalue weighted by molar-refractivity contribution is 9.10. The molecule has 0 aromatic carbocycles. The number of rotatable bonds is 1. The van der Waals surface area contributed by atoms with Crippen molar-refractivity contribution in [2.75, 3.05) is 0 Å². The number of hydrogen-bond acceptors (Lipinski definition) is 0. The summed E-state index contributed by atoms with van der Waals surface area (Å²) in [4.78, 5) is 0. The first-order valence-corrected chi connectivity index (χ1v) is 3.62. The van der Waals surface area contributed by atoms with Gasteiger partial charge in [0.15, 0.2) is 0 Å². The molecule has 0 amide bonds. The lowest BCUT2D eigenvalue weighted by molar-refractivity contribution is 0.727. The Bertz CT molecular complexity index is 28.5. The van der Waals surface area contributed by atoms with Crippen LogP contribution >= 0.6 is 25.2 Å². The van der Waals surface area contributed by atoms with E-state index in [1.807, 2.05) is 0 Å². The summed E-state index contributed by atoms with van der Waals surface area (Å²) in [7, 11) is 2.69. The lowest BCUT2D eigenvalue weighted by Gasteiger charge is -2.03. The van der Waals surface area contributed by atoms with Gasteiger partial charge in [0.2, 0.25) is 0 Å². The molecular formula is C4H10BrP. The highest BCUT2D eigenvalue weighted by Gasteiger charge is 1.98. The highest BCUT2D eigenvalue weighted by atomic mass is 79.9. The molecule has 0 aromatic rings. The zero-order valence-corrected chi connectivity index (χ0v) is 6.85. The van der Waals surface area contributed by atoms with E-state index in [9.17, 15) is 0 Å². The first kappa shape index (κ1) is 6.91. The van der Waals surface area contributed by atoms with Gasteiger partial charge in [-0.05, 0) is 5.92 Å². The van der Waals surface area contributed by atoms with E-state index in [1.54, 1.807) is 0 Å². The Kier molecular flexibility index (Phi) is 3.44. The molecule has 0 saturated heterocycles. The second-order valence-electron chi connectivity index (χ2n) is 1.69. The van der Waals surface area contributed by atoms with Gasteiger partial charge in [-0.1, -0.05) is 29.8 Å². The van der Waals surface area contributed by atoms with Crippen LogP contribution in [0.5, 0.6) is 0 Å². The van der Waals surface area contributed by atoms with Gasteiger partial charge in [0, 0.05) is 4.57 Å². The average Bonchev–Trinajstić information content (AvgIpc) is 1.36. The Morgan fingerprint density at radius 3 is 1.67 bits per heavy atom. The van der Waals surface area contributed by atoms with Crippen molar-refractivity contribution in [1.82, 2.24) is 0 Å². The Labute approximate surface area is 50.0 Å². The average molecular weight is 169 g/mol. The van der Waals surface area contributed by atoms with Gasteiger partial charge in [0.05, 0.1) is 0 Å². The maximum atomic E-state index is 3.40. The van der Waals surface area contributed by atoms with E-state index >= 15 is 0 Å². The molecule has 2 heteroatoms. The summed E-state index contributed by atoms with van der Waals surface area (Å²) in [5.74, 6) is 0.731. The van der Waals surface area contributed by atoms with Crippen LogP contribution < -0.4 is 0 Å². The van der Waals surface area contributed by atoms with Gasteiger partial charge in [-0.3, -0.25) is 0 Å². The van der Waals surface area contributed by atoms with Crippen LogP contribution in [0.1, 0.15) is 13.8 Å². The van der Waals surface area contributed by atoms with Crippen LogP contribution in [0.15, 0.2) is 0 Å². The van der Waals surface area contributed by atoms with Crippen molar-refractivity contribution in [2.45, 2.75) is 18.4 Å². The van der Waals surface area contributed by atoms with Crippen molar-refractivity contribution in [3.05, 3.63) is 0 Å². The van der Waals surface area contributed by atoms with Gasteiger partial charge in [-0.2, -0.15) is 0 Å². The van der Waals surface area contributed by atoms with Crippen molar-refractivity contribution in [3.63, 3.8) is 0 Å². The number of halogens is 1. The molecule has 0 aromatic heterocycles. The molecule has 6 heavy (non-hydrogen) atoms. The van der Waals surface area contributed by atoms with Crippen molar-refractivity contribution >= 4 is 25.2 Å². The second-order valence-corrected chi connectivity index (χ2v) is 4.44. The van der Waals surface area contributed by atoms with Gasteiger partial charge in [-0.15, -0.1) is 9.24 Å². The molecule has 0 radical (unpaired) electrons. The lowest BCUT2D eigenvalue weighted by Crippen LogP contribution is -1.94. The summed E-state index contributed by atoms with van der Waals surface area (Å²) < 4.78 is 0.581. The molecule has 0 N–H and O–H groups in total. The Hall–Kier alpha value is 0.910. The molecule has 0 aliphatic rings. The van der Waals surface area contributed by atoms with Crippen LogP contribution in [0, 0.1) is 5.92 Å². The second kappa shape index (κ2) is 2.98. The molecule has 0 aliphatic heterocycles. The molecule has 0 aliphatic carbocycles. The van der Waals surface area contributed by atoms with Crippen molar-refractivity contribution in [1.29, 1.82) is 0 Å². The van der Waals surface area contributed by atoms with E-state index in [1.165, 1.54) is 0 Å². The number of hydrogen-bond donors (Lipinski definition) is 0.